The minimum absolute atomic E-state index is 0.0392. The molecule has 1 saturated heterocycles. The quantitative estimate of drug-likeness (QED) is 0.821. The van der Waals surface area contributed by atoms with Crippen molar-refractivity contribution in [2.24, 2.45) is 5.92 Å². The number of hydrogen-bond acceptors (Lipinski definition) is 4. The van der Waals surface area contributed by atoms with Gasteiger partial charge in [-0.25, -0.2) is 8.42 Å². The number of rotatable bonds is 6. The molecule has 0 spiro atoms. The smallest absolute Gasteiger partial charge is 0.246 e. The number of nitrogens with one attached hydrogen (secondary N) is 1. The molecule has 1 atom stereocenters. The van der Waals surface area contributed by atoms with Crippen LogP contribution >= 0.6 is 0 Å². The summed E-state index contributed by atoms with van der Waals surface area (Å²) in [6.45, 7) is 8.46. The summed E-state index contributed by atoms with van der Waals surface area (Å²) in [6.07, 6.45) is 1.37. The number of sulfonamides is 1. The second-order valence-electron chi connectivity index (χ2n) is 7.43. The second-order valence-corrected chi connectivity index (χ2v) is 9.34. The molecule has 0 bridgehead atoms. The summed E-state index contributed by atoms with van der Waals surface area (Å²) >= 11 is 0. The van der Waals surface area contributed by atoms with E-state index in [1.54, 1.807) is 12.1 Å². The van der Waals surface area contributed by atoms with Crippen LogP contribution in [0.15, 0.2) is 23.1 Å². The lowest BCUT2D eigenvalue weighted by Crippen LogP contribution is -2.46. The van der Waals surface area contributed by atoms with E-state index in [-0.39, 0.29) is 35.2 Å². The van der Waals surface area contributed by atoms with Crippen molar-refractivity contribution in [3.05, 3.63) is 23.8 Å². The number of carbonyl (C=O) groups excluding carboxylic acids is 1. The zero-order valence-electron chi connectivity index (χ0n) is 16.3. The topological polar surface area (TPSA) is 75.7 Å². The normalized spacial score (nSPS) is 19.0. The maximum Gasteiger partial charge on any atom is 0.246 e. The zero-order chi connectivity index (χ0) is 19.5. The summed E-state index contributed by atoms with van der Waals surface area (Å²) in [4.78, 5) is 12.5. The average Bonchev–Trinajstić information content (AvgIpc) is 2.60. The molecule has 1 amide bonds. The van der Waals surface area contributed by atoms with Crippen LogP contribution < -0.4 is 10.1 Å². The molecule has 0 radical (unpaired) electrons. The highest BCUT2D eigenvalue weighted by Crippen LogP contribution is 2.32. The average molecular weight is 383 g/mol. The van der Waals surface area contributed by atoms with Crippen LogP contribution in [0, 0.1) is 5.92 Å². The first-order valence-electron chi connectivity index (χ1n) is 9.15. The minimum atomic E-state index is -3.73. The molecule has 26 heavy (non-hydrogen) atoms. The third kappa shape index (κ3) is 4.57. The molecule has 1 aliphatic rings. The van der Waals surface area contributed by atoms with Gasteiger partial charge in [0, 0.05) is 19.1 Å². The van der Waals surface area contributed by atoms with Crippen LogP contribution in [0.4, 0.5) is 0 Å². The number of nitrogens with zero attached hydrogens (tertiary/aromatic N) is 1. The van der Waals surface area contributed by atoms with Gasteiger partial charge in [0.25, 0.3) is 0 Å². The van der Waals surface area contributed by atoms with Crippen molar-refractivity contribution in [3.8, 4) is 5.75 Å². The van der Waals surface area contributed by atoms with E-state index in [1.807, 2.05) is 33.8 Å². The van der Waals surface area contributed by atoms with Gasteiger partial charge in [0.05, 0.1) is 13.0 Å². The molecule has 1 aromatic rings. The fraction of sp³-hybridized carbons (Fsp3) is 0.632. The van der Waals surface area contributed by atoms with Gasteiger partial charge < -0.3 is 10.1 Å². The van der Waals surface area contributed by atoms with Crippen LogP contribution in [0.25, 0.3) is 0 Å². The van der Waals surface area contributed by atoms with Crippen molar-refractivity contribution in [1.29, 1.82) is 0 Å². The first-order chi connectivity index (χ1) is 12.2. The summed E-state index contributed by atoms with van der Waals surface area (Å²) in [5, 5.41) is 2.89. The van der Waals surface area contributed by atoms with Crippen molar-refractivity contribution >= 4 is 15.9 Å². The Balaban J connectivity index is 2.32. The van der Waals surface area contributed by atoms with E-state index in [9.17, 15) is 13.2 Å². The SMILES string of the molecule is COc1ccc(C(C)C)cc1S(=O)(=O)N1CCC[C@@H](C(=O)NC(C)C)C1. The summed E-state index contributed by atoms with van der Waals surface area (Å²) in [5.74, 6) is 0.145. The van der Waals surface area contributed by atoms with Crippen LogP contribution in [-0.2, 0) is 14.8 Å². The Morgan fingerprint density at radius 1 is 1.27 bits per heavy atom. The Hall–Kier alpha value is -1.60. The number of benzene rings is 1. The van der Waals surface area contributed by atoms with Crippen molar-refractivity contribution in [1.82, 2.24) is 9.62 Å². The van der Waals surface area contributed by atoms with E-state index in [1.165, 1.54) is 11.4 Å². The van der Waals surface area contributed by atoms with E-state index in [0.29, 0.717) is 25.1 Å². The molecular formula is C19H30N2O4S. The predicted molar refractivity (Wildman–Crippen MR) is 102 cm³/mol. The first kappa shape index (κ1) is 20.7. The highest BCUT2D eigenvalue weighted by molar-refractivity contribution is 7.89. The molecule has 1 aliphatic heterocycles. The number of ether oxygens (including phenoxy) is 1. The molecule has 146 valence electrons. The Labute approximate surface area is 157 Å². The molecule has 6 nitrogen and oxygen atoms in total. The Morgan fingerprint density at radius 2 is 1.96 bits per heavy atom. The lowest BCUT2D eigenvalue weighted by atomic mass is 9.98. The highest BCUT2D eigenvalue weighted by Gasteiger charge is 2.35. The van der Waals surface area contributed by atoms with E-state index in [2.05, 4.69) is 5.32 Å². The number of amides is 1. The van der Waals surface area contributed by atoms with Gasteiger partial charge in [-0.3, -0.25) is 4.79 Å². The largest absolute Gasteiger partial charge is 0.495 e. The third-order valence-electron chi connectivity index (χ3n) is 4.66. The molecule has 1 aromatic carbocycles. The third-order valence-corrected chi connectivity index (χ3v) is 6.54. The van der Waals surface area contributed by atoms with E-state index >= 15 is 0 Å². The Morgan fingerprint density at radius 3 is 2.54 bits per heavy atom. The van der Waals surface area contributed by atoms with Crippen molar-refractivity contribution in [2.75, 3.05) is 20.2 Å². The lowest BCUT2D eigenvalue weighted by Gasteiger charge is -2.32. The molecule has 1 N–H and O–H groups in total. The summed E-state index contributed by atoms with van der Waals surface area (Å²) in [5.41, 5.74) is 0.940. The summed E-state index contributed by atoms with van der Waals surface area (Å²) < 4.78 is 33.2. The van der Waals surface area contributed by atoms with Crippen LogP contribution in [-0.4, -0.2) is 44.9 Å². The fourth-order valence-corrected chi connectivity index (χ4v) is 4.88. The van der Waals surface area contributed by atoms with Gasteiger partial charge in [-0.15, -0.1) is 0 Å². The van der Waals surface area contributed by atoms with Crippen molar-refractivity contribution in [3.63, 3.8) is 0 Å². The standard InChI is InChI=1S/C19H30N2O4S/c1-13(2)15-8-9-17(25-5)18(11-15)26(23,24)21-10-6-7-16(12-21)19(22)20-14(3)4/h8-9,11,13-14,16H,6-7,10,12H2,1-5H3,(H,20,22)/t16-/m1/s1. The Bertz CT molecular complexity index is 744. The molecule has 2 rings (SSSR count). The molecular weight excluding hydrogens is 352 g/mol. The maximum absolute atomic E-state index is 13.2. The first-order valence-corrected chi connectivity index (χ1v) is 10.6. The Kier molecular flexibility index (Phi) is 6.69. The summed E-state index contributed by atoms with van der Waals surface area (Å²) in [6, 6.07) is 5.32. The van der Waals surface area contributed by atoms with Gasteiger partial charge in [0.15, 0.2) is 0 Å². The van der Waals surface area contributed by atoms with Gasteiger partial charge in [-0.05, 0) is 50.3 Å². The van der Waals surface area contributed by atoms with Gasteiger partial charge >= 0.3 is 0 Å². The van der Waals surface area contributed by atoms with Crippen LogP contribution in [0.3, 0.4) is 0 Å². The number of methoxy groups -OCH3 is 1. The van der Waals surface area contributed by atoms with E-state index < -0.39 is 10.0 Å². The number of carbonyl (C=O) groups is 1. The number of piperidine rings is 1. The van der Waals surface area contributed by atoms with Gasteiger partial charge in [0.2, 0.25) is 15.9 Å². The second kappa shape index (κ2) is 8.39. The fourth-order valence-electron chi connectivity index (χ4n) is 3.17. The van der Waals surface area contributed by atoms with Gasteiger partial charge in [0.1, 0.15) is 10.6 Å². The lowest BCUT2D eigenvalue weighted by molar-refractivity contribution is -0.126. The van der Waals surface area contributed by atoms with Crippen molar-refractivity contribution in [2.45, 2.75) is 57.4 Å². The molecule has 1 heterocycles. The molecule has 7 heteroatoms. The van der Waals surface area contributed by atoms with Crippen LogP contribution in [0.2, 0.25) is 0 Å². The number of hydrogen-bond donors (Lipinski definition) is 1. The highest BCUT2D eigenvalue weighted by atomic mass is 32.2. The predicted octanol–water partition coefficient (Wildman–Crippen LogP) is 2.74. The molecule has 0 unspecified atom stereocenters. The van der Waals surface area contributed by atoms with Crippen LogP contribution in [0.5, 0.6) is 5.75 Å². The zero-order valence-corrected chi connectivity index (χ0v) is 17.1. The molecule has 1 fully saturated rings. The van der Waals surface area contributed by atoms with Crippen LogP contribution in [0.1, 0.15) is 52.0 Å². The molecule has 0 aliphatic carbocycles. The molecule has 0 aromatic heterocycles. The minimum Gasteiger partial charge on any atom is -0.495 e. The van der Waals surface area contributed by atoms with E-state index in [4.69, 9.17) is 4.74 Å². The van der Waals surface area contributed by atoms with Gasteiger partial charge in [-0.2, -0.15) is 4.31 Å². The van der Waals surface area contributed by atoms with E-state index in [0.717, 1.165) is 5.56 Å². The monoisotopic (exact) mass is 382 g/mol. The van der Waals surface area contributed by atoms with Crippen molar-refractivity contribution < 1.29 is 17.9 Å². The summed E-state index contributed by atoms with van der Waals surface area (Å²) in [7, 11) is -2.26. The van der Waals surface area contributed by atoms with Gasteiger partial charge in [-0.1, -0.05) is 19.9 Å². The molecule has 0 saturated carbocycles. The maximum atomic E-state index is 13.2.